The molecular weight excluding hydrogens is 326 g/mol. The zero-order valence-electron chi connectivity index (χ0n) is 15.0. The fourth-order valence-electron chi connectivity index (χ4n) is 3.60. The Kier molecular flexibility index (Phi) is 4.07. The summed E-state index contributed by atoms with van der Waals surface area (Å²) in [5, 5.41) is 0. The number of amides is 1. The van der Waals surface area contributed by atoms with Crippen LogP contribution in [0.15, 0.2) is 42.7 Å². The van der Waals surface area contributed by atoms with E-state index < -0.39 is 0 Å². The molecule has 0 spiro atoms. The number of aromatic amines is 1. The zero-order valence-corrected chi connectivity index (χ0v) is 15.0. The van der Waals surface area contributed by atoms with Crippen LogP contribution in [0.5, 0.6) is 0 Å². The maximum absolute atomic E-state index is 13.0. The minimum atomic E-state index is -0.387. The van der Waals surface area contributed by atoms with E-state index in [1.54, 1.807) is 23.4 Å². The standard InChI is InChI=1S/C21H21N3O2/c1-13-5-6-15(10-14(13)2)20(25)19-4-3-9-24(19)21(26)16-7-8-17-18(11-16)23-12-22-17/h5-8,10-12,19H,3-4,9H2,1-2H3,(H,22,23). The number of rotatable bonds is 3. The summed E-state index contributed by atoms with van der Waals surface area (Å²) in [7, 11) is 0. The molecule has 1 aliphatic heterocycles. The van der Waals surface area contributed by atoms with Gasteiger partial charge in [-0.05, 0) is 62.1 Å². The van der Waals surface area contributed by atoms with E-state index in [0.29, 0.717) is 24.1 Å². The van der Waals surface area contributed by atoms with Crippen LogP contribution in [0.2, 0.25) is 0 Å². The molecule has 2 aromatic carbocycles. The highest BCUT2D eigenvalue weighted by atomic mass is 16.2. The molecule has 2 heterocycles. The Bertz CT molecular complexity index is 1010. The minimum Gasteiger partial charge on any atom is -0.345 e. The van der Waals surface area contributed by atoms with Crippen molar-refractivity contribution in [2.75, 3.05) is 6.54 Å². The van der Waals surface area contributed by atoms with E-state index in [0.717, 1.165) is 28.6 Å². The van der Waals surface area contributed by atoms with Crippen LogP contribution in [0.3, 0.4) is 0 Å². The van der Waals surface area contributed by atoms with E-state index in [2.05, 4.69) is 9.97 Å². The Morgan fingerprint density at radius 3 is 2.69 bits per heavy atom. The van der Waals surface area contributed by atoms with Crippen molar-refractivity contribution < 1.29 is 9.59 Å². The normalized spacial score (nSPS) is 17.0. The highest BCUT2D eigenvalue weighted by Crippen LogP contribution is 2.25. The van der Waals surface area contributed by atoms with Crippen LogP contribution < -0.4 is 0 Å². The molecule has 1 aliphatic rings. The Morgan fingerprint density at radius 2 is 1.88 bits per heavy atom. The molecule has 1 atom stereocenters. The van der Waals surface area contributed by atoms with Gasteiger partial charge >= 0.3 is 0 Å². The van der Waals surface area contributed by atoms with Gasteiger partial charge in [-0.25, -0.2) is 4.98 Å². The molecule has 0 bridgehead atoms. The molecule has 26 heavy (non-hydrogen) atoms. The Labute approximate surface area is 152 Å². The summed E-state index contributed by atoms with van der Waals surface area (Å²) in [5.41, 5.74) is 5.17. The number of aryl methyl sites for hydroxylation is 2. The highest BCUT2D eigenvalue weighted by Gasteiger charge is 2.35. The maximum Gasteiger partial charge on any atom is 0.254 e. The highest BCUT2D eigenvalue weighted by molar-refractivity contribution is 6.05. The Balaban J connectivity index is 1.61. The summed E-state index contributed by atoms with van der Waals surface area (Å²) in [6, 6.07) is 10.8. The number of fused-ring (bicyclic) bond motifs is 1. The van der Waals surface area contributed by atoms with Gasteiger partial charge in [-0.15, -0.1) is 0 Å². The first-order valence-corrected chi connectivity index (χ1v) is 8.90. The number of benzene rings is 2. The van der Waals surface area contributed by atoms with Gasteiger partial charge in [-0.3, -0.25) is 9.59 Å². The average molecular weight is 347 g/mol. The molecule has 1 unspecified atom stereocenters. The largest absolute Gasteiger partial charge is 0.345 e. The molecule has 0 radical (unpaired) electrons. The second-order valence-corrected chi connectivity index (χ2v) is 6.95. The molecule has 4 rings (SSSR count). The summed E-state index contributed by atoms with van der Waals surface area (Å²) in [6.45, 7) is 4.64. The SMILES string of the molecule is Cc1ccc(C(=O)C2CCCN2C(=O)c2ccc3nc[nH]c3c2)cc1C. The van der Waals surface area contributed by atoms with Crippen molar-refractivity contribution in [3.8, 4) is 0 Å². The molecule has 5 heteroatoms. The number of imidazole rings is 1. The summed E-state index contributed by atoms with van der Waals surface area (Å²) >= 11 is 0. The van der Waals surface area contributed by atoms with E-state index in [1.165, 1.54) is 0 Å². The molecule has 1 saturated heterocycles. The van der Waals surface area contributed by atoms with Crippen LogP contribution in [0.1, 0.15) is 44.7 Å². The van der Waals surface area contributed by atoms with E-state index >= 15 is 0 Å². The van der Waals surface area contributed by atoms with Crippen LogP contribution in [0.4, 0.5) is 0 Å². The first kappa shape index (κ1) is 16.5. The fourth-order valence-corrected chi connectivity index (χ4v) is 3.60. The number of H-pyrrole nitrogens is 1. The van der Waals surface area contributed by atoms with Crippen molar-refractivity contribution in [2.45, 2.75) is 32.7 Å². The number of nitrogens with zero attached hydrogens (tertiary/aromatic N) is 2. The van der Waals surface area contributed by atoms with Gasteiger partial charge in [0.15, 0.2) is 5.78 Å². The van der Waals surface area contributed by atoms with Gasteiger partial charge < -0.3 is 9.88 Å². The zero-order chi connectivity index (χ0) is 18.3. The number of hydrogen-bond acceptors (Lipinski definition) is 3. The van der Waals surface area contributed by atoms with E-state index in [9.17, 15) is 9.59 Å². The number of likely N-dealkylation sites (tertiary alicyclic amines) is 1. The lowest BCUT2D eigenvalue weighted by Crippen LogP contribution is -2.40. The van der Waals surface area contributed by atoms with Gasteiger partial charge in [0.2, 0.25) is 0 Å². The average Bonchev–Trinajstić information content (AvgIpc) is 3.31. The molecule has 132 valence electrons. The predicted molar refractivity (Wildman–Crippen MR) is 100 cm³/mol. The molecule has 1 N–H and O–H groups in total. The molecule has 1 fully saturated rings. The fraction of sp³-hybridized carbons (Fsp3) is 0.286. The van der Waals surface area contributed by atoms with Gasteiger partial charge in [-0.2, -0.15) is 0 Å². The number of carbonyl (C=O) groups excluding carboxylic acids is 2. The van der Waals surface area contributed by atoms with Gasteiger partial charge in [0.05, 0.1) is 23.4 Å². The summed E-state index contributed by atoms with van der Waals surface area (Å²) in [6.07, 6.45) is 3.17. The number of Topliss-reactive ketones (excluding diaryl/α,β-unsaturated/α-hetero) is 1. The summed E-state index contributed by atoms with van der Waals surface area (Å²) < 4.78 is 0. The number of ketones is 1. The molecule has 1 aromatic heterocycles. The quantitative estimate of drug-likeness (QED) is 0.735. The van der Waals surface area contributed by atoms with Gasteiger partial charge in [-0.1, -0.05) is 12.1 Å². The second-order valence-electron chi connectivity index (χ2n) is 6.95. The van der Waals surface area contributed by atoms with E-state index in [4.69, 9.17) is 0 Å². The smallest absolute Gasteiger partial charge is 0.254 e. The van der Waals surface area contributed by atoms with Gasteiger partial charge in [0.25, 0.3) is 5.91 Å². The lowest BCUT2D eigenvalue weighted by Gasteiger charge is -2.24. The number of aromatic nitrogens is 2. The van der Waals surface area contributed by atoms with Crippen LogP contribution >= 0.6 is 0 Å². The molecular formula is C21H21N3O2. The first-order valence-electron chi connectivity index (χ1n) is 8.90. The van der Waals surface area contributed by atoms with Crippen molar-refractivity contribution in [1.29, 1.82) is 0 Å². The van der Waals surface area contributed by atoms with Crippen molar-refractivity contribution >= 4 is 22.7 Å². The monoisotopic (exact) mass is 347 g/mol. The summed E-state index contributed by atoms with van der Waals surface area (Å²) in [5.74, 6) is -0.0669. The third kappa shape index (κ3) is 2.79. The maximum atomic E-state index is 13.0. The van der Waals surface area contributed by atoms with Crippen molar-refractivity contribution in [3.63, 3.8) is 0 Å². The van der Waals surface area contributed by atoms with Crippen molar-refractivity contribution in [2.24, 2.45) is 0 Å². The molecule has 1 amide bonds. The van der Waals surface area contributed by atoms with E-state index in [-0.39, 0.29) is 17.7 Å². The molecule has 0 aliphatic carbocycles. The summed E-state index contributed by atoms with van der Waals surface area (Å²) in [4.78, 5) is 35.0. The van der Waals surface area contributed by atoms with Crippen LogP contribution in [0, 0.1) is 13.8 Å². The Morgan fingerprint density at radius 1 is 1.08 bits per heavy atom. The van der Waals surface area contributed by atoms with Crippen LogP contribution in [-0.2, 0) is 0 Å². The Hall–Kier alpha value is -2.95. The van der Waals surface area contributed by atoms with E-state index in [1.807, 2.05) is 38.1 Å². The van der Waals surface area contributed by atoms with Crippen molar-refractivity contribution in [3.05, 3.63) is 65.0 Å². The number of hydrogen-bond donors (Lipinski definition) is 1. The van der Waals surface area contributed by atoms with Gasteiger partial charge in [0, 0.05) is 17.7 Å². The molecule has 3 aromatic rings. The number of carbonyl (C=O) groups is 2. The predicted octanol–water partition coefficient (Wildman–Crippen LogP) is 3.67. The minimum absolute atomic E-state index is 0.0292. The van der Waals surface area contributed by atoms with Crippen LogP contribution in [-0.4, -0.2) is 39.1 Å². The molecule has 0 saturated carbocycles. The number of nitrogens with one attached hydrogen (secondary N) is 1. The van der Waals surface area contributed by atoms with Gasteiger partial charge in [0.1, 0.15) is 0 Å². The third-order valence-corrected chi connectivity index (χ3v) is 5.27. The van der Waals surface area contributed by atoms with Crippen molar-refractivity contribution in [1.82, 2.24) is 14.9 Å². The lowest BCUT2D eigenvalue weighted by atomic mass is 9.98. The lowest BCUT2D eigenvalue weighted by molar-refractivity contribution is 0.0671. The topological polar surface area (TPSA) is 66.1 Å². The van der Waals surface area contributed by atoms with Crippen LogP contribution in [0.25, 0.3) is 11.0 Å². The second kappa shape index (κ2) is 6.41. The first-order chi connectivity index (χ1) is 12.5. The molecule has 5 nitrogen and oxygen atoms in total. The third-order valence-electron chi connectivity index (χ3n) is 5.27.